The molecule has 0 bridgehead atoms. The third-order valence-electron chi connectivity index (χ3n) is 4.98. The largest absolute Gasteiger partial charge is 0.314 e. The zero-order chi connectivity index (χ0) is 14.4. The number of benzene rings is 1. The van der Waals surface area contributed by atoms with Crippen LogP contribution in [0.2, 0.25) is 0 Å². The van der Waals surface area contributed by atoms with Gasteiger partial charge in [-0.15, -0.1) is 0 Å². The van der Waals surface area contributed by atoms with Gasteiger partial charge in [0, 0.05) is 6.04 Å². The maximum absolute atomic E-state index is 3.83. The van der Waals surface area contributed by atoms with Crippen molar-refractivity contribution in [2.24, 2.45) is 11.8 Å². The lowest BCUT2D eigenvalue weighted by Crippen LogP contribution is -2.34. The Labute approximate surface area is 125 Å². The number of hydrogen-bond acceptors (Lipinski definition) is 1. The molecule has 1 saturated carbocycles. The normalized spacial score (nSPS) is 23.0. The highest BCUT2D eigenvalue weighted by molar-refractivity contribution is 5.26. The van der Waals surface area contributed by atoms with Crippen LogP contribution >= 0.6 is 0 Å². The predicted octanol–water partition coefficient (Wildman–Crippen LogP) is 4.98. The molecule has 0 aromatic heterocycles. The molecular formula is C19H31N. The standard InChI is InChI=1S/C19H31N/c1-4-12-20-19(13-15(5-2)6-3)18-14-17(18)16-10-8-7-9-11-16/h7-11,15,17-20H,4-6,12-14H2,1-3H3. The molecule has 1 aliphatic rings. The molecule has 112 valence electrons. The molecule has 0 saturated heterocycles. The highest BCUT2D eigenvalue weighted by Crippen LogP contribution is 2.50. The molecule has 1 aromatic rings. The maximum Gasteiger partial charge on any atom is 0.0104 e. The molecular weight excluding hydrogens is 242 g/mol. The fourth-order valence-corrected chi connectivity index (χ4v) is 3.46. The molecule has 0 amide bonds. The molecule has 1 heteroatoms. The van der Waals surface area contributed by atoms with Gasteiger partial charge in [-0.25, -0.2) is 0 Å². The summed E-state index contributed by atoms with van der Waals surface area (Å²) in [6.45, 7) is 8.12. The lowest BCUT2D eigenvalue weighted by molar-refractivity contribution is 0.337. The first kappa shape index (κ1) is 15.6. The monoisotopic (exact) mass is 273 g/mol. The molecule has 20 heavy (non-hydrogen) atoms. The van der Waals surface area contributed by atoms with E-state index in [0.717, 1.165) is 23.8 Å². The second kappa shape index (κ2) is 7.83. The Hall–Kier alpha value is -0.820. The van der Waals surface area contributed by atoms with Crippen LogP contribution in [0.5, 0.6) is 0 Å². The second-order valence-electron chi connectivity index (χ2n) is 6.40. The van der Waals surface area contributed by atoms with Crippen molar-refractivity contribution in [2.45, 2.75) is 64.8 Å². The summed E-state index contributed by atoms with van der Waals surface area (Å²) in [6.07, 6.45) is 6.63. The molecule has 3 atom stereocenters. The fourth-order valence-electron chi connectivity index (χ4n) is 3.46. The minimum atomic E-state index is 0.727. The van der Waals surface area contributed by atoms with Crippen molar-refractivity contribution < 1.29 is 0 Å². The van der Waals surface area contributed by atoms with E-state index in [2.05, 4.69) is 56.4 Å². The Balaban J connectivity index is 1.94. The van der Waals surface area contributed by atoms with Crippen molar-refractivity contribution >= 4 is 0 Å². The van der Waals surface area contributed by atoms with E-state index in [9.17, 15) is 0 Å². The van der Waals surface area contributed by atoms with Gasteiger partial charge in [-0.05, 0) is 49.1 Å². The quantitative estimate of drug-likeness (QED) is 0.668. The first-order valence-corrected chi connectivity index (χ1v) is 8.58. The minimum absolute atomic E-state index is 0.727. The molecule has 1 aliphatic carbocycles. The van der Waals surface area contributed by atoms with Crippen molar-refractivity contribution in [1.82, 2.24) is 5.32 Å². The Morgan fingerprint density at radius 3 is 2.40 bits per heavy atom. The van der Waals surface area contributed by atoms with Crippen LogP contribution in [0.15, 0.2) is 30.3 Å². The van der Waals surface area contributed by atoms with Gasteiger partial charge in [-0.1, -0.05) is 63.9 Å². The summed E-state index contributed by atoms with van der Waals surface area (Å²) in [5, 5.41) is 3.83. The molecule has 1 nitrogen and oxygen atoms in total. The number of rotatable bonds is 9. The van der Waals surface area contributed by atoms with E-state index in [-0.39, 0.29) is 0 Å². The fraction of sp³-hybridized carbons (Fsp3) is 0.684. The summed E-state index contributed by atoms with van der Waals surface area (Å²) in [4.78, 5) is 0. The van der Waals surface area contributed by atoms with Gasteiger partial charge in [0.25, 0.3) is 0 Å². The van der Waals surface area contributed by atoms with Crippen LogP contribution in [0, 0.1) is 11.8 Å². The van der Waals surface area contributed by atoms with Crippen LogP contribution in [0.3, 0.4) is 0 Å². The van der Waals surface area contributed by atoms with E-state index in [1.54, 1.807) is 5.56 Å². The van der Waals surface area contributed by atoms with Crippen molar-refractivity contribution in [1.29, 1.82) is 0 Å². The van der Waals surface area contributed by atoms with Gasteiger partial charge < -0.3 is 5.32 Å². The van der Waals surface area contributed by atoms with Crippen LogP contribution in [-0.4, -0.2) is 12.6 Å². The summed E-state index contributed by atoms with van der Waals surface area (Å²) in [5.74, 6) is 2.56. The molecule has 0 aliphatic heterocycles. The molecule has 0 heterocycles. The van der Waals surface area contributed by atoms with Crippen molar-refractivity contribution in [3.05, 3.63) is 35.9 Å². The predicted molar refractivity (Wildman–Crippen MR) is 88.1 cm³/mol. The number of hydrogen-bond donors (Lipinski definition) is 1. The average molecular weight is 273 g/mol. The zero-order valence-electron chi connectivity index (χ0n) is 13.4. The second-order valence-corrected chi connectivity index (χ2v) is 6.40. The first-order valence-electron chi connectivity index (χ1n) is 8.58. The molecule has 1 aromatic carbocycles. The van der Waals surface area contributed by atoms with E-state index in [1.807, 2.05) is 0 Å². The van der Waals surface area contributed by atoms with Gasteiger partial charge in [-0.3, -0.25) is 0 Å². The summed E-state index contributed by atoms with van der Waals surface area (Å²) < 4.78 is 0. The third-order valence-corrected chi connectivity index (χ3v) is 4.98. The van der Waals surface area contributed by atoms with E-state index in [1.165, 1.54) is 38.6 Å². The Bertz CT molecular complexity index is 369. The molecule has 1 fully saturated rings. The van der Waals surface area contributed by atoms with Crippen LogP contribution < -0.4 is 5.32 Å². The van der Waals surface area contributed by atoms with Gasteiger partial charge in [0.2, 0.25) is 0 Å². The SMILES string of the molecule is CCCNC(CC(CC)CC)C1CC1c1ccccc1. The van der Waals surface area contributed by atoms with Crippen LogP contribution in [-0.2, 0) is 0 Å². The summed E-state index contributed by atoms with van der Waals surface area (Å²) in [5.41, 5.74) is 1.55. The highest BCUT2D eigenvalue weighted by atomic mass is 14.9. The van der Waals surface area contributed by atoms with Crippen LogP contribution in [0.4, 0.5) is 0 Å². The summed E-state index contributed by atoms with van der Waals surface area (Å²) >= 11 is 0. The molecule has 1 N–H and O–H groups in total. The van der Waals surface area contributed by atoms with Gasteiger partial charge in [0.15, 0.2) is 0 Å². The van der Waals surface area contributed by atoms with Gasteiger partial charge in [0.1, 0.15) is 0 Å². The lowest BCUT2D eigenvalue weighted by atomic mass is 9.91. The van der Waals surface area contributed by atoms with Crippen molar-refractivity contribution in [3.8, 4) is 0 Å². The first-order chi connectivity index (χ1) is 9.80. The Kier molecular flexibility index (Phi) is 6.09. The lowest BCUT2D eigenvalue weighted by Gasteiger charge is -2.23. The third kappa shape index (κ3) is 4.09. The van der Waals surface area contributed by atoms with E-state index in [4.69, 9.17) is 0 Å². The van der Waals surface area contributed by atoms with Crippen LogP contribution in [0.25, 0.3) is 0 Å². The minimum Gasteiger partial charge on any atom is -0.314 e. The molecule has 3 unspecified atom stereocenters. The van der Waals surface area contributed by atoms with E-state index < -0.39 is 0 Å². The molecule has 0 spiro atoms. The van der Waals surface area contributed by atoms with Gasteiger partial charge >= 0.3 is 0 Å². The topological polar surface area (TPSA) is 12.0 Å². The van der Waals surface area contributed by atoms with Crippen molar-refractivity contribution in [3.63, 3.8) is 0 Å². The molecule has 0 radical (unpaired) electrons. The van der Waals surface area contributed by atoms with E-state index >= 15 is 0 Å². The van der Waals surface area contributed by atoms with Gasteiger partial charge in [-0.2, -0.15) is 0 Å². The zero-order valence-corrected chi connectivity index (χ0v) is 13.4. The average Bonchev–Trinajstić information content (AvgIpc) is 3.29. The smallest absolute Gasteiger partial charge is 0.0104 e. The van der Waals surface area contributed by atoms with Crippen LogP contribution in [0.1, 0.15) is 64.4 Å². The van der Waals surface area contributed by atoms with E-state index in [0.29, 0.717) is 0 Å². The molecule has 2 rings (SSSR count). The highest BCUT2D eigenvalue weighted by Gasteiger charge is 2.43. The number of nitrogens with one attached hydrogen (secondary N) is 1. The summed E-state index contributed by atoms with van der Waals surface area (Å²) in [7, 11) is 0. The maximum atomic E-state index is 3.83. The van der Waals surface area contributed by atoms with Crippen molar-refractivity contribution in [2.75, 3.05) is 6.54 Å². The Morgan fingerprint density at radius 1 is 1.10 bits per heavy atom. The Morgan fingerprint density at radius 2 is 1.80 bits per heavy atom. The summed E-state index contributed by atoms with van der Waals surface area (Å²) in [6, 6.07) is 11.8. The van der Waals surface area contributed by atoms with Gasteiger partial charge in [0.05, 0.1) is 0 Å².